The maximum atomic E-state index is 13.5. The lowest BCUT2D eigenvalue weighted by molar-refractivity contribution is 0.102. The zero-order chi connectivity index (χ0) is 23.8. The van der Waals surface area contributed by atoms with Gasteiger partial charge in [-0.25, -0.2) is 9.97 Å². The van der Waals surface area contributed by atoms with Crippen LogP contribution in [0.5, 0.6) is 0 Å². The number of benzene rings is 3. The number of fused-ring (bicyclic) bond motifs is 1. The number of halogens is 3. The summed E-state index contributed by atoms with van der Waals surface area (Å²) in [6.07, 6.45) is 0. The zero-order valence-corrected chi connectivity index (χ0v) is 21.7. The van der Waals surface area contributed by atoms with Crippen molar-refractivity contribution in [1.29, 1.82) is 0 Å². The molecule has 0 bridgehead atoms. The minimum Gasteiger partial charge on any atom is -0.298 e. The second-order valence-electron chi connectivity index (χ2n) is 7.61. The van der Waals surface area contributed by atoms with E-state index < -0.39 is 0 Å². The molecule has 0 unspecified atom stereocenters. The Bertz CT molecular complexity index is 1530. The lowest BCUT2D eigenvalue weighted by atomic mass is 10.0. The van der Waals surface area contributed by atoms with Crippen LogP contribution in [0.1, 0.15) is 15.2 Å². The summed E-state index contributed by atoms with van der Waals surface area (Å²) in [4.78, 5) is 23.9. The zero-order valence-electron chi connectivity index (χ0n) is 17.8. The highest BCUT2D eigenvalue weighted by atomic mass is 79.9. The summed E-state index contributed by atoms with van der Waals surface area (Å²) < 4.78 is 0.866. The molecule has 2 aromatic heterocycles. The molecule has 0 aliphatic rings. The van der Waals surface area contributed by atoms with Gasteiger partial charge in [-0.1, -0.05) is 63.4 Å². The summed E-state index contributed by atoms with van der Waals surface area (Å²) in [6, 6.07) is 22.4. The van der Waals surface area contributed by atoms with Gasteiger partial charge in [0.1, 0.15) is 0 Å². The second-order valence-corrected chi connectivity index (χ2v) is 10.6. The van der Waals surface area contributed by atoms with Crippen molar-refractivity contribution in [2.24, 2.45) is 0 Å². The topological polar surface area (TPSA) is 54.9 Å². The van der Waals surface area contributed by atoms with E-state index in [1.807, 2.05) is 61.5 Å². The van der Waals surface area contributed by atoms with Gasteiger partial charge in [-0.05, 0) is 55.5 Å². The lowest BCUT2D eigenvalue weighted by Crippen LogP contribution is -2.13. The number of nitrogens with one attached hydrogen (secondary N) is 1. The number of anilines is 1. The molecule has 5 rings (SSSR count). The molecule has 0 saturated carbocycles. The summed E-state index contributed by atoms with van der Waals surface area (Å²) in [5, 5.41) is 5.56. The molecule has 0 aliphatic heterocycles. The number of hydrogen-bond donors (Lipinski definition) is 1. The molecule has 4 nitrogen and oxygen atoms in total. The Labute approximate surface area is 218 Å². The summed E-state index contributed by atoms with van der Waals surface area (Å²) in [5.74, 6) is -0.253. The van der Waals surface area contributed by atoms with Crippen LogP contribution in [0.2, 0.25) is 10.0 Å². The molecule has 0 spiro atoms. The first-order valence-electron chi connectivity index (χ1n) is 10.3. The highest BCUT2D eigenvalue weighted by Gasteiger charge is 2.18. The first-order valence-corrected chi connectivity index (χ1v) is 12.6. The predicted octanol–water partition coefficient (Wildman–Crippen LogP) is 8.66. The molecule has 168 valence electrons. The van der Waals surface area contributed by atoms with Gasteiger partial charge in [-0.3, -0.25) is 10.1 Å². The van der Waals surface area contributed by atoms with Crippen LogP contribution in [0.15, 0.2) is 77.3 Å². The van der Waals surface area contributed by atoms with E-state index in [-0.39, 0.29) is 5.91 Å². The number of nitrogens with zero attached hydrogens (tertiary/aromatic N) is 2. The minimum absolute atomic E-state index is 0.253. The number of rotatable bonds is 4. The molecular weight excluding hydrogens is 553 g/mol. The van der Waals surface area contributed by atoms with Crippen LogP contribution in [-0.4, -0.2) is 15.9 Å². The second kappa shape index (κ2) is 9.47. The van der Waals surface area contributed by atoms with Gasteiger partial charge in [0.15, 0.2) is 5.13 Å². The molecule has 0 fully saturated rings. The van der Waals surface area contributed by atoms with Crippen LogP contribution in [0.3, 0.4) is 0 Å². The maximum Gasteiger partial charge on any atom is 0.258 e. The number of amides is 1. The number of hydrogen-bond acceptors (Lipinski definition) is 4. The third-order valence-corrected chi connectivity index (χ3v) is 7.17. The van der Waals surface area contributed by atoms with Crippen LogP contribution >= 0.6 is 50.5 Å². The van der Waals surface area contributed by atoms with Crippen LogP contribution < -0.4 is 5.32 Å². The number of thiazole rings is 1. The summed E-state index contributed by atoms with van der Waals surface area (Å²) in [7, 11) is 0. The minimum atomic E-state index is -0.253. The average molecular weight is 569 g/mol. The van der Waals surface area contributed by atoms with Gasteiger partial charge in [0.25, 0.3) is 5.91 Å². The van der Waals surface area contributed by atoms with E-state index in [2.05, 4.69) is 26.2 Å². The average Bonchev–Trinajstić information content (AvgIpc) is 3.19. The highest BCUT2D eigenvalue weighted by Crippen LogP contribution is 2.33. The number of carbonyl (C=O) groups is 1. The van der Waals surface area contributed by atoms with Gasteiger partial charge in [0, 0.05) is 35.9 Å². The fourth-order valence-corrected chi connectivity index (χ4v) is 5.09. The van der Waals surface area contributed by atoms with Crippen molar-refractivity contribution in [2.45, 2.75) is 6.92 Å². The molecule has 3 aromatic carbocycles. The SMILES string of the molecule is Cc1sc(NC(=O)c2cc(-c3ccc(Cl)cc3)nc3ccc(Br)cc23)nc1-c1ccc(Cl)cc1. The Morgan fingerprint density at radius 3 is 2.21 bits per heavy atom. The van der Waals surface area contributed by atoms with E-state index >= 15 is 0 Å². The normalized spacial score (nSPS) is 11.1. The highest BCUT2D eigenvalue weighted by molar-refractivity contribution is 9.10. The third kappa shape index (κ3) is 4.72. The lowest BCUT2D eigenvalue weighted by Gasteiger charge is -2.10. The van der Waals surface area contributed by atoms with E-state index in [4.69, 9.17) is 28.2 Å². The quantitative estimate of drug-likeness (QED) is 0.236. The number of aromatic nitrogens is 2. The van der Waals surface area contributed by atoms with Crippen molar-refractivity contribution >= 4 is 72.4 Å². The van der Waals surface area contributed by atoms with Gasteiger partial charge in [0.2, 0.25) is 0 Å². The van der Waals surface area contributed by atoms with Crippen LogP contribution in [0.4, 0.5) is 5.13 Å². The molecule has 0 saturated heterocycles. The van der Waals surface area contributed by atoms with E-state index in [0.717, 1.165) is 37.1 Å². The molecule has 0 radical (unpaired) electrons. The van der Waals surface area contributed by atoms with Gasteiger partial charge >= 0.3 is 0 Å². The van der Waals surface area contributed by atoms with Crippen LogP contribution in [-0.2, 0) is 0 Å². The van der Waals surface area contributed by atoms with Crippen molar-refractivity contribution in [3.05, 3.63) is 97.8 Å². The van der Waals surface area contributed by atoms with Crippen molar-refractivity contribution in [3.8, 4) is 22.5 Å². The Morgan fingerprint density at radius 1 is 0.882 bits per heavy atom. The number of aryl methyl sites for hydroxylation is 1. The molecule has 0 aliphatic carbocycles. The van der Waals surface area contributed by atoms with Gasteiger partial charge in [-0.15, -0.1) is 11.3 Å². The van der Waals surface area contributed by atoms with Crippen LogP contribution in [0.25, 0.3) is 33.4 Å². The van der Waals surface area contributed by atoms with E-state index in [9.17, 15) is 4.79 Å². The molecule has 8 heteroatoms. The van der Waals surface area contributed by atoms with Crippen molar-refractivity contribution in [2.75, 3.05) is 5.32 Å². The molecular formula is C26H16BrCl2N3OS. The number of pyridine rings is 1. The summed E-state index contributed by atoms with van der Waals surface area (Å²) in [6.45, 7) is 1.98. The number of carbonyl (C=O) groups excluding carboxylic acids is 1. The Balaban J connectivity index is 1.54. The Kier molecular flexibility index (Phi) is 6.40. The van der Waals surface area contributed by atoms with Crippen LogP contribution in [0, 0.1) is 6.92 Å². The summed E-state index contributed by atoms with van der Waals surface area (Å²) in [5.41, 5.74) is 4.56. The Hall–Kier alpha value is -2.77. The molecule has 2 heterocycles. The fourth-order valence-electron chi connectivity index (χ4n) is 3.64. The van der Waals surface area contributed by atoms with E-state index in [0.29, 0.717) is 26.4 Å². The van der Waals surface area contributed by atoms with Crippen molar-refractivity contribution < 1.29 is 4.79 Å². The van der Waals surface area contributed by atoms with Crippen molar-refractivity contribution in [3.63, 3.8) is 0 Å². The van der Waals surface area contributed by atoms with Crippen molar-refractivity contribution in [1.82, 2.24) is 9.97 Å². The molecule has 34 heavy (non-hydrogen) atoms. The monoisotopic (exact) mass is 567 g/mol. The first kappa shape index (κ1) is 23.0. The van der Waals surface area contributed by atoms with E-state index in [1.165, 1.54) is 11.3 Å². The first-order chi connectivity index (χ1) is 16.4. The van der Waals surface area contributed by atoms with Gasteiger partial charge in [-0.2, -0.15) is 0 Å². The summed E-state index contributed by atoms with van der Waals surface area (Å²) >= 11 is 17.0. The molecule has 0 atom stereocenters. The predicted molar refractivity (Wildman–Crippen MR) is 145 cm³/mol. The Morgan fingerprint density at radius 2 is 1.53 bits per heavy atom. The van der Waals surface area contributed by atoms with Gasteiger partial charge < -0.3 is 0 Å². The third-order valence-electron chi connectivity index (χ3n) is 5.29. The fraction of sp³-hybridized carbons (Fsp3) is 0.0385. The largest absolute Gasteiger partial charge is 0.298 e. The molecule has 1 N–H and O–H groups in total. The molecule has 5 aromatic rings. The van der Waals surface area contributed by atoms with Gasteiger partial charge in [0.05, 0.1) is 22.5 Å². The molecule has 1 amide bonds. The smallest absolute Gasteiger partial charge is 0.258 e. The maximum absolute atomic E-state index is 13.5. The standard InChI is InChI=1S/C26H16BrCl2N3OS/c1-14-24(16-4-9-19(29)10-5-16)31-26(34-14)32-25(33)21-13-23(15-2-7-18(28)8-3-15)30-22-11-6-17(27)12-20(21)22/h2-13H,1H3,(H,31,32,33). The van der Waals surface area contributed by atoms with E-state index in [1.54, 1.807) is 18.2 Å².